The van der Waals surface area contributed by atoms with Gasteiger partial charge in [-0.15, -0.1) is 0 Å². The maximum Gasteiger partial charge on any atom is 0.257 e. The van der Waals surface area contributed by atoms with Gasteiger partial charge in [-0.05, 0) is 52.3 Å². The minimum atomic E-state index is -0.228. The highest BCUT2D eigenvalue weighted by Crippen LogP contribution is 2.26. The second-order valence-corrected chi connectivity index (χ2v) is 5.73. The molecule has 0 radical (unpaired) electrons. The summed E-state index contributed by atoms with van der Waals surface area (Å²) < 4.78 is 0.703. The summed E-state index contributed by atoms with van der Waals surface area (Å²) in [7, 11) is 3.93. The van der Waals surface area contributed by atoms with Gasteiger partial charge in [-0.25, -0.2) is 0 Å². The number of rotatable bonds is 3. The van der Waals surface area contributed by atoms with E-state index in [-0.39, 0.29) is 5.91 Å². The summed E-state index contributed by atoms with van der Waals surface area (Å²) in [6, 6.07) is 12.9. The molecule has 0 aliphatic heterocycles. The highest BCUT2D eigenvalue weighted by molar-refractivity contribution is 9.10. The summed E-state index contributed by atoms with van der Waals surface area (Å²) in [6.07, 6.45) is 0. The minimum absolute atomic E-state index is 0.228. The van der Waals surface area contributed by atoms with Crippen LogP contribution in [-0.4, -0.2) is 20.0 Å². The molecule has 0 saturated heterocycles. The zero-order valence-electron chi connectivity index (χ0n) is 11.2. The monoisotopic (exact) mass is 352 g/mol. The van der Waals surface area contributed by atoms with Gasteiger partial charge in [0.25, 0.3) is 5.91 Å². The van der Waals surface area contributed by atoms with Crippen molar-refractivity contribution in [2.75, 3.05) is 24.3 Å². The molecule has 0 fully saturated rings. The van der Waals surface area contributed by atoms with E-state index in [1.54, 1.807) is 18.2 Å². The SMILES string of the molecule is CN(C)c1ccc(NC(=O)c2cccc(Br)c2Cl)cc1. The van der Waals surface area contributed by atoms with Gasteiger partial charge in [0, 0.05) is 29.9 Å². The number of hydrogen-bond donors (Lipinski definition) is 1. The predicted octanol–water partition coefficient (Wildman–Crippen LogP) is 4.42. The Balaban J connectivity index is 2.17. The summed E-state index contributed by atoms with van der Waals surface area (Å²) in [5.41, 5.74) is 2.25. The Morgan fingerprint density at radius 2 is 1.80 bits per heavy atom. The minimum Gasteiger partial charge on any atom is -0.378 e. The third kappa shape index (κ3) is 3.32. The second-order valence-electron chi connectivity index (χ2n) is 4.50. The van der Waals surface area contributed by atoms with E-state index >= 15 is 0 Å². The van der Waals surface area contributed by atoms with Gasteiger partial charge in [0.05, 0.1) is 10.6 Å². The van der Waals surface area contributed by atoms with E-state index in [2.05, 4.69) is 21.2 Å². The highest BCUT2D eigenvalue weighted by Gasteiger charge is 2.12. The van der Waals surface area contributed by atoms with Gasteiger partial charge in [-0.2, -0.15) is 0 Å². The van der Waals surface area contributed by atoms with Gasteiger partial charge in [0.15, 0.2) is 0 Å². The Hall–Kier alpha value is -1.52. The molecule has 5 heteroatoms. The molecule has 20 heavy (non-hydrogen) atoms. The Kier molecular flexibility index (Phi) is 4.68. The van der Waals surface area contributed by atoms with E-state index in [4.69, 9.17) is 11.6 Å². The van der Waals surface area contributed by atoms with E-state index in [0.717, 1.165) is 11.4 Å². The molecule has 2 rings (SSSR count). The third-order valence-electron chi connectivity index (χ3n) is 2.84. The number of nitrogens with zero attached hydrogens (tertiary/aromatic N) is 1. The van der Waals surface area contributed by atoms with Crippen molar-refractivity contribution < 1.29 is 4.79 Å². The van der Waals surface area contributed by atoms with Crippen molar-refractivity contribution in [1.82, 2.24) is 0 Å². The van der Waals surface area contributed by atoms with E-state index in [1.165, 1.54) is 0 Å². The topological polar surface area (TPSA) is 32.3 Å². The predicted molar refractivity (Wildman–Crippen MR) is 87.9 cm³/mol. The normalized spacial score (nSPS) is 10.2. The van der Waals surface area contributed by atoms with Crippen LogP contribution >= 0.6 is 27.5 Å². The number of amides is 1. The molecule has 0 aliphatic carbocycles. The number of carbonyl (C=O) groups is 1. The average molecular weight is 354 g/mol. The van der Waals surface area contributed by atoms with E-state index in [0.29, 0.717) is 15.1 Å². The number of carbonyl (C=O) groups excluding carboxylic acids is 1. The largest absolute Gasteiger partial charge is 0.378 e. The van der Waals surface area contributed by atoms with Gasteiger partial charge in [-0.1, -0.05) is 17.7 Å². The molecule has 1 amide bonds. The molecule has 0 aromatic heterocycles. The van der Waals surface area contributed by atoms with Crippen LogP contribution in [0, 0.1) is 0 Å². The fourth-order valence-corrected chi connectivity index (χ4v) is 2.30. The Bertz CT molecular complexity index is 626. The van der Waals surface area contributed by atoms with Crippen molar-refractivity contribution in [2.24, 2.45) is 0 Å². The van der Waals surface area contributed by atoms with Gasteiger partial charge >= 0.3 is 0 Å². The fraction of sp³-hybridized carbons (Fsp3) is 0.133. The molecule has 2 aromatic carbocycles. The Morgan fingerprint density at radius 1 is 1.15 bits per heavy atom. The lowest BCUT2D eigenvalue weighted by molar-refractivity contribution is 0.102. The summed E-state index contributed by atoms with van der Waals surface area (Å²) in [6.45, 7) is 0. The first-order valence-electron chi connectivity index (χ1n) is 6.02. The standard InChI is InChI=1S/C15H14BrClN2O/c1-19(2)11-8-6-10(7-9-11)18-15(20)12-4-3-5-13(16)14(12)17/h3-9H,1-2H3,(H,18,20). The van der Waals surface area contributed by atoms with Crippen LogP contribution in [0.25, 0.3) is 0 Å². The van der Waals surface area contributed by atoms with Crippen LogP contribution in [0.1, 0.15) is 10.4 Å². The van der Waals surface area contributed by atoms with Crippen LogP contribution in [-0.2, 0) is 0 Å². The van der Waals surface area contributed by atoms with E-state index in [9.17, 15) is 4.79 Å². The zero-order valence-corrected chi connectivity index (χ0v) is 13.5. The average Bonchev–Trinajstić information content (AvgIpc) is 2.42. The summed E-state index contributed by atoms with van der Waals surface area (Å²) >= 11 is 9.41. The molecule has 0 heterocycles. The van der Waals surface area contributed by atoms with Gasteiger partial charge in [0.1, 0.15) is 0 Å². The van der Waals surface area contributed by atoms with Gasteiger partial charge in [0.2, 0.25) is 0 Å². The Labute approximate surface area is 131 Å². The third-order valence-corrected chi connectivity index (χ3v) is 4.13. The highest BCUT2D eigenvalue weighted by atomic mass is 79.9. The molecule has 0 aliphatic rings. The van der Waals surface area contributed by atoms with Gasteiger partial charge in [-0.3, -0.25) is 4.79 Å². The second kappa shape index (κ2) is 6.29. The van der Waals surface area contributed by atoms with Crippen LogP contribution in [0.5, 0.6) is 0 Å². The molecule has 0 saturated carbocycles. The smallest absolute Gasteiger partial charge is 0.257 e. The van der Waals surface area contributed by atoms with Crippen LogP contribution in [0.3, 0.4) is 0 Å². The molecule has 2 aromatic rings. The number of anilines is 2. The molecule has 104 valence electrons. The molecule has 0 spiro atoms. The lowest BCUT2D eigenvalue weighted by Gasteiger charge is -2.13. The van der Waals surface area contributed by atoms with Crippen LogP contribution in [0.4, 0.5) is 11.4 Å². The summed E-state index contributed by atoms with van der Waals surface area (Å²) in [5, 5.41) is 3.24. The first-order valence-corrected chi connectivity index (χ1v) is 7.19. The molecular formula is C15H14BrClN2O. The van der Waals surface area contributed by atoms with E-state index in [1.807, 2.05) is 43.3 Å². The first kappa shape index (κ1) is 14.9. The molecular weight excluding hydrogens is 340 g/mol. The maximum atomic E-state index is 12.2. The zero-order chi connectivity index (χ0) is 14.7. The van der Waals surface area contributed by atoms with Crippen molar-refractivity contribution in [2.45, 2.75) is 0 Å². The van der Waals surface area contributed by atoms with Crippen molar-refractivity contribution in [3.05, 3.63) is 57.5 Å². The molecule has 3 nitrogen and oxygen atoms in total. The summed E-state index contributed by atoms with van der Waals surface area (Å²) in [5.74, 6) is -0.228. The van der Waals surface area contributed by atoms with Crippen molar-refractivity contribution in [3.63, 3.8) is 0 Å². The molecule has 0 bridgehead atoms. The van der Waals surface area contributed by atoms with Crippen molar-refractivity contribution in [1.29, 1.82) is 0 Å². The molecule has 1 N–H and O–H groups in total. The van der Waals surface area contributed by atoms with Crippen molar-refractivity contribution >= 4 is 44.8 Å². The first-order chi connectivity index (χ1) is 9.49. The molecule has 0 atom stereocenters. The number of hydrogen-bond acceptors (Lipinski definition) is 2. The Morgan fingerprint density at radius 3 is 2.40 bits per heavy atom. The number of nitrogens with one attached hydrogen (secondary N) is 1. The van der Waals surface area contributed by atoms with Crippen LogP contribution in [0.2, 0.25) is 5.02 Å². The number of benzene rings is 2. The molecule has 0 unspecified atom stereocenters. The maximum absolute atomic E-state index is 12.2. The van der Waals surface area contributed by atoms with Crippen LogP contribution in [0.15, 0.2) is 46.9 Å². The van der Waals surface area contributed by atoms with Gasteiger partial charge < -0.3 is 10.2 Å². The fourth-order valence-electron chi connectivity index (χ4n) is 1.72. The lowest BCUT2D eigenvalue weighted by Crippen LogP contribution is -2.13. The summed E-state index contributed by atoms with van der Waals surface area (Å²) in [4.78, 5) is 14.2. The van der Waals surface area contributed by atoms with Crippen molar-refractivity contribution in [3.8, 4) is 0 Å². The lowest BCUT2D eigenvalue weighted by atomic mass is 10.2. The number of halogens is 2. The quantitative estimate of drug-likeness (QED) is 0.886. The van der Waals surface area contributed by atoms with Crippen LogP contribution < -0.4 is 10.2 Å². The van der Waals surface area contributed by atoms with E-state index < -0.39 is 0 Å².